The van der Waals surface area contributed by atoms with Gasteiger partial charge in [-0.1, -0.05) is 0 Å². The van der Waals surface area contributed by atoms with Gasteiger partial charge in [0.2, 0.25) is 5.43 Å². The molecule has 3 aromatic rings. The molecule has 5 nitrogen and oxygen atoms in total. The molecule has 0 aliphatic rings. The highest BCUT2D eigenvalue weighted by Crippen LogP contribution is 2.19. The molecule has 0 aliphatic heterocycles. The molecule has 2 aromatic heterocycles. The lowest BCUT2D eigenvalue weighted by atomic mass is 10.2. The number of fused-ring (bicyclic) bond motifs is 1. The van der Waals surface area contributed by atoms with E-state index in [0.29, 0.717) is 24.7 Å². The molecule has 0 spiro atoms. The van der Waals surface area contributed by atoms with E-state index < -0.39 is 17.1 Å². The van der Waals surface area contributed by atoms with Crippen molar-refractivity contribution < 1.29 is 13.2 Å². The second-order valence-corrected chi connectivity index (χ2v) is 5.06. The van der Waals surface area contributed by atoms with Crippen LogP contribution in [0.5, 0.6) is 0 Å². The first-order valence-corrected chi connectivity index (χ1v) is 6.84. The number of rotatable bonds is 3. The van der Waals surface area contributed by atoms with Gasteiger partial charge >= 0.3 is 0 Å². The van der Waals surface area contributed by atoms with Gasteiger partial charge in [-0.05, 0) is 24.8 Å². The molecule has 22 heavy (non-hydrogen) atoms. The van der Waals surface area contributed by atoms with Crippen molar-refractivity contribution in [1.82, 2.24) is 9.55 Å². The highest BCUT2D eigenvalue weighted by atomic mass is 32.1. The van der Waals surface area contributed by atoms with Gasteiger partial charge in [0.25, 0.3) is 0 Å². The SMILES string of the molecule is NCCc1c[nH]c(=S)n1-c1coc2c(F)cc(F)cc2c1=O. The Hall–Kier alpha value is -2.32. The Labute approximate surface area is 128 Å². The molecule has 0 saturated carbocycles. The zero-order chi connectivity index (χ0) is 15.9. The molecule has 0 bridgehead atoms. The van der Waals surface area contributed by atoms with E-state index in [1.807, 2.05) is 0 Å². The summed E-state index contributed by atoms with van der Waals surface area (Å²) in [5, 5.41) is -0.184. The summed E-state index contributed by atoms with van der Waals surface area (Å²) in [5.74, 6) is -1.78. The molecule has 8 heteroatoms. The molecule has 1 aromatic carbocycles. The standard InChI is InChI=1S/C14H11F2N3O2S/c15-7-3-9-12(20)11(6-21-13(9)10(16)4-7)19-8(1-2-17)5-18-14(19)22/h3-6H,1-2,17H2,(H,18,22). The third-order valence-corrected chi connectivity index (χ3v) is 3.57. The van der Waals surface area contributed by atoms with Crippen LogP contribution in [0.2, 0.25) is 0 Å². The minimum atomic E-state index is -0.932. The van der Waals surface area contributed by atoms with Crippen molar-refractivity contribution in [3.05, 3.63) is 56.9 Å². The van der Waals surface area contributed by atoms with E-state index in [9.17, 15) is 13.6 Å². The normalized spacial score (nSPS) is 11.2. The molecular weight excluding hydrogens is 312 g/mol. The molecule has 0 aliphatic carbocycles. The fourth-order valence-corrected chi connectivity index (χ4v) is 2.58. The van der Waals surface area contributed by atoms with Crippen molar-refractivity contribution in [2.45, 2.75) is 6.42 Å². The fraction of sp³-hybridized carbons (Fsp3) is 0.143. The Balaban J connectivity index is 2.34. The van der Waals surface area contributed by atoms with Gasteiger partial charge in [-0.15, -0.1) is 0 Å². The summed E-state index contributed by atoms with van der Waals surface area (Å²) in [7, 11) is 0. The van der Waals surface area contributed by atoms with Crippen molar-refractivity contribution in [1.29, 1.82) is 0 Å². The largest absolute Gasteiger partial charge is 0.459 e. The van der Waals surface area contributed by atoms with Crippen LogP contribution in [0.3, 0.4) is 0 Å². The zero-order valence-corrected chi connectivity index (χ0v) is 12.0. The molecule has 0 saturated heterocycles. The van der Waals surface area contributed by atoms with Gasteiger partial charge in [0, 0.05) is 24.4 Å². The summed E-state index contributed by atoms with van der Waals surface area (Å²) < 4.78 is 33.9. The van der Waals surface area contributed by atoms with E-state index in [1.165, 1.54) is 4.57 Å². The number of imidazole rings is 1. The summed E-state index contributed by atoms with van der Waals surface area (Å²) in [6, 6.07) is 1.60. The number of H-pyrrole nitrogens is 1. The quantitative estimate of drug-likeness (QED) is 0.726. The smallest absolute Gasteiger partial charge is 0.216 e. The number of aromatic nitrogens is 2. The summed E-state index contributed by atoms with van der Waals surface area (Å²) >= 11 is 5.14. The van der Waals surface area contributed by atoms with E-state index in [0.717, 1.165) is 12.3 Å². The van der Waals surface area contributed by atoms with Crippen molar-refractivity contribution in [2.24, 2.45) is 5.73 Å². The maximum absolute atomic E-state index is 13.7. The van der Waals surface area contributed by atoms with Gasteiger partial charge in [0.1, 0.15) is 17.8 Å². The first kappa shape index (κ1) is 14.6. The van der Waals surface area contributed by atoms with Gasteiger partial charge in [-0.25, -0.2) is 8.78 Å². The second kappa shape index (κ2) is 5.47. The highest BCUT2D eigenvalue weighted by molar-refractivity contribution is 7.71. The van der Waals surface area contributed by atoms with Crippen molar-refractivity contribution in [3.8, 4) is 5.69 Å². The summed E-state index contributed by atoms with van der Waals surface area (Å²) in [4.78, 5) is 15.3. The Bertz CT molecular complexity index is 974. The van der Waals surface area contributed by atoms with Gasteiger partial charge < -0.3 is 15.1 Å². The Kier molecular flexibility index (Phi) is 3.63. The predicted molar refractivity (Wildman–Crippen MR) is 79.7 cm³/mol. The second-order valence-electron chi connectivity index (χ2n) is 4.67. The van der Waals surface area contributed by atoms with Gasteiger partial charge in [0.15, 0.2) is 16.2 Å². The van der Waals surface area contributed by atoms with Crippen molar-refractivity contribution in [3.63, 3.8) is 0 Å². The van der Waals surface area contributed by atoms with Crippen LogP contribution in [0.25, 0.3) is 16.7 Å². The number of nitrogens with one attached hydrogen (secondary N) is 1. The molecule has 114 valence electrons. The number of halogens is 2. The molecular formula is C14H11F2N3O2S. The van der Waals surface area contributed by atoms with Crippen molar-refractivity contribution >= 4 is 23.2 Å². The summed E-state index contributed by atoms with van der Waals surface area (Å²) in [6.07, 6.45) is 3.21. The van der Waals surface area contributed by atoms with Gasteiger partial charge in [-0.2, -0.15) is 0 Å². The first-order chi connectivity index (χ1) is 10.5. The van der Waals surface area contributed by atoms with E-state index in [2.05, 4.69) is 4.98 Å². The van der Waals surface area contributed by atoms with Crippen LogP contribution in [0.4, 0.5) is 8.78 Å². The minimum absolute atomic E-state index is 0.0761. The lowest BCUT2D eigenvalue weighted by Gasteiger charge is -2.07. The first-order valence-electron chi connectivity index (χ1n) is 6.43. The zero-order valence-electron chi connectivity index (χ0n) is 11.2. The molecule has 3 rings (SSSR count). The van der Waals surface area contributed by atoms with E-state index in [1.54, 1.807) is 6.20 Å². The number of hydrogen-bond donors (Lipinski definition) is 2. The van der Waals surface area contributed by atoms with Crippen LogP contribution < -0.4 is 11.2 Å². The molecule has 0 atom stereocenters. The highest BCUT2D eigenvalue weighted by Gasteiger charge is 2.16. The van der Waals surface area contributed by atoms with Crippen LogP contribution in [0.1, 0.15) is 5.69 Å². The van der Waals surface area contributed by atoms with E-state index in [-0.39, 0.29) is 21.4 Å². The van der Waals surface area contributed by atoms with Crippen LogP contribution >= 0.6 is 12.2 Å². The van der Waals surface area contributed by atoms with Crippen molar-refractivity contribution in [2.75, 3.05) is 6.54 Å². The van der Waals surface area contributed by atoms with Crippen LogP contribution in [0, 0.1) is 16.4 Å². The van der Waals surface area contributed by atoms with E-state index >= 15 is 0 Å². The van der Waals surface area contributed by atoms with Crippen LogP contribution in [-0.2, 0) is 6.42 Å². The molecule has 0 unspecified atom stereocenters. The predicted octanol–water partition coefficient (Wildman–Crippen LogP) is 2.42. The maximum atomic E-state index is 13.7. The third kappa shape index (κ3) is 2.26. The summed E-state index contributed by atoms with van der Waals surface area (Å²) in [5.41, 5.74) is 5.41. The average molecular weight is 323 g/mol. The molecule has 0 fully saturated rings. The van der Waals surface area contributed by atoms with E-state index in [4.69, 9.17) is 22.4 Å². The molecule has 3 N–H and O–H groups in total. The number of aromatic amines is 1. The lowest BCUT2D eigenvalue weighted by molar-refractivity contribution is 0.535. The number of nitrogens with two attached hydrogens (primary N) is 1. The maximum Gasteiger partial charge on any atom is 0.216 e. The molecule has 2 heterocycles. The molecule has 0 amide bonds. The van der Waals surface area contributed by atoms with Crippen LogP contribution in [-0.4, -0.2) is 16.1 Å². The Morgan fingerprint density at radius 3 is 2.86 bits per heavy atom. The number of benzene rings is 1. The minimum Gasteiger partial charge on any atom is -0.459 e. The summed E-state index contributed by atoms with van der Waals surface area (Å²) in [6.45, 7) is 0.356. The van der Waals surface area contributed by atoms with Gasteiger partial charge in [-0.3, -0.25) is 9.36 Å². The number of hydrogen-bond acceptors (Lipinski definition) is 4. The monoisotopic (exact) mass is 323 g/mol. The number of nitrogens with zero attached hydrogens (tertiary/aromatic N) is 1. The third-order valence-electron chi connectivity index (χ3n) is 3.27. The fourth-order valence-electron chi connectivity index (χ4n) is 2.31. The lowest BCUT2D eigenvalue weighted by Crippen LogP contribution is -2.15. The van der Waals surface area contributed by atoms with Crippen LogP contribution in [0.15, 0.2) is 33.8 Å². The Morgan fingerprint density at radius 2 is 2.14 bits per heavy atom. The Morgan fingerprint density at radius 1 is 1.36 bits per heavy atom. The topological polar surface area (TPSA) is 77.0 Å². The van der Waals surface area contributed by atoms with Gasteiger partial charge in [0.05, 0.1) is 5.39 Å². The molecule has 0 radical (unpaired) electrons. The average Bonchev–Trinajstić information content (AvgIpc) is 2.82.